The first-order chi connectivity index (χ1) is 12.0. The Morgan fingerprint density at radius 3 is 2.48 bits per heavy atom. The first-order valence-electron chi connectivity index (χ1n) is 8.96. The summed E-state index contributed by atoms with van der Waals surface area (Å²) in [6, 6.07) is 9.19. The second kappa shape index (κ2) is 9.42. The molecule has 0 aromatic heterocycles. The Kier molecular flexibility index (Phi) is 7.25. The van der Waals surface area contributed by atoms with Crippen molar-refractivity contribution in [3.63, 3.8) is 0 Å². The maximum absolute atomic E-state index is 12.1. The van der Waals surface area contributed by atoms with Gasteiger partial charge in [-0.3, -0.25) is 4.79 Å². The van der Waals surface area contributed by atoms with E-state index in [2.05, 4.69) is 5.32 Å². The van der Waals surface area contributed by atoms with Gasteiger partial charge in [-0.2, -0.15) is 0 Å². The molecule has 25 heavy (non-hydrogen) atoms. The predicted octanol–water partition coefficient (Wildman–Crippen LogP) is 2.13. The summed E-state index contributed by atoms with van der Waals surface area (Å²) in [6.45, 7) is 6.09. The lowest BCUT2D eigenvalue weighted by atomic mass is 9.96. The van der Waals surface area contributed by atoms with E-state index in [1.807, 2.05) is 44.2 Å². The third kappa shape index (κ3) is 6.05. The molecule has 0 bridgehead atoms. The molecule has 138 valence electrons. The lowest BCUT2D eigenvalue weighted by Gasteiger charge is -2.31. The molecule has 0 unspecified atom stereocenters. The molecule has 0 spiro atoms. The quantitative estimate of drug-likeness (QED) is 0.826. The normalized spacial score (nSPS) is 16.6. The van der Waals surface area contributed by atoms with E-state index in [0.717, 1.165) is 18.4 Å². The molecule has 1 aromatic rings. The molecule has 1 aliphatic heterocycles. The van der Waals surface area contributed by atoms with Gasteiger partial charge in [-0.1, -0.05) is 44.2 Å². The standard InChI is InChI=1S/C19H29N3O3/c1-14(2)17(20)18(23)21-12-15-8-10-22(11-9-15)19(24)25-13-16-6-4-3-5-7-16/h3-7,14-15,17H,8-13,20H2,1-2H3,(H,21,23)/t17-/m0/s1. The second-order valence-electron chi connectivity index (χ2n) is 6.99. The van der Waals surface area contributed by atoms with Gasteiger partial charge in [0.1, 0.15) is 6.61 Å². The summed E-state index contributed by atoms with van der Waals surface area (Å²) in [5.74, 6) is 0.405. The molecule has 1 heterocycles. The van der Waals surface area contributed by atoms with Gasteiger partial charge in [0.05, 0.1) is 6.04 Å². The molecular formula is C19H29N3O3. The van der Waals surface area contributed by atoms with Gasteiger partial charge in [0.25, 0.3) is 0 Å². The van der Waals surface area contributed by atoms with E-state index in [1.165, 1.54) is 0 Å². The smallest absolute Gasteiger partial charge is 0.410 e. The molecule has 6 nitrogen and oxygen atoms in total. The van der Waals surface area contributed by atoms with Gasteiger partial charge in [0, 0.05) is 19.6 Å². The van der Waals surface area contributed by atoms with Gasteiger partial charge in [-0.25, -0.2) is 4.79 Å². The number of hydrogen-bond acceptors (Lipinski definition) is 4. The maximum Gasteiger partial charge on any atom is 0.410 e. The molecule has 0 saturated carbocycles. The number of carbonyl (C=O) groups is 2. The molecule has 2 rings (SSSR count). The molecular weight excluding hydrogens is 318 g/mol. The van der Waals surface area contributed by atoms with Crippen molar-refractivity contribution in [3.05, 3.63) is 35.9 Å². The van der Waals surface area contributed by atoms with E-state index in [-0.39, 0.29) is 17.9 Å². The van der Waals surface area contributed by atoms with Crippen molar-refractivity contribution in [2.45, 2.75) is 39.3 Å². The van der Waals surface area contributed by atoms with Gasteiger partial charge in [-0.05, 0) is 30.2 Å². The number of amides is 2. The van der Waals surface area contributed by atoms with Crippen LogP contribution in [-0.2, 0) is 16.1 Å². The van der Waals surface area contributed by atoms with E-state index in [9.17, 15) is 9.59 Å². The van der Waals surface area contributed by atoms with Crippen LogP contribution in [0.15, 0.2) is 30.3 Å². The number of nitrogens with zero attached hydrogens (tertiary/aromatic N) is 1. The van der Waals surface area contributed by atoms with E-state index >= 15 is 0 Å². The highest BCUT2D eigenvalue weighted by Gasteiger charge is 2.25. The van der Waals surface area contributed by atoms with Crippen molar-refractivity contribution in [2.75, 3.05) is 19.6 Å². The Morgan fingerprint density at radius 2 is 1.88 bits per heavy atom. The largest absolute Gasteiger partial charge is 0.445 e. The van der Waals surface area contributed by atoms with Crippen LogP contribution in [-0.4, -0.2) is 42.6 Å². The van der Waals surface area contributed by atoms with Gasteiger partial charge >= 0.3 is 6.09 Å². The van der Waals surface area contributed by atoms with Gasteiger partial charge < -0.3 is 20.7 Å². The number of benzene rings is 1. The van der Waals surface area contributed by atoms with Gasteiger partial charge in [0.2, 0.25) is 5.91 Å². The van der Waals surface area contributed by atoms with Crippen LogP contribution in [0.3, 0.4) is 0 Å². The fraction of sp³-hybridized carbons (Fsp3) is 0.579. The second-order valence-corrected chi connectivity index (χ2v) is 6.99. The van der Waals surface area contributed by atoms with Crippen LogP contribution >= 0.6 is 0 Å². The predicted molar refractivity (Wildman–Crippen MR) is 96.7 cm³/mol. The first-order valence-corrected chi connectivity index (χ1v) is 8.96. The highest BCUT2D eigenvalue weighted by molar-refractivity contribution is 5.81. The van der Waals surface area contributed by atoms with Gasteiger partial charge in [-0.15, -0.1) is 0 Å². The Morgan fingerprint density at radius 1 is 1.24 bits per heavy atom. The minimum Gasteiger partial charge on any atom is -0.445 e. The zero-order chi connectivity index (χ0) is 18.2. The van der Waals surface area contributed by atoms with E-state index < -0.39 is 6.04 Å². The zero-order valence-electron chi connectivity index (χ0n) is 15.1. The summed E-state index contributed by atoms with van der Waals surface area (Å²) < 4.78 is 5.36. The van der Waals surface area contributed by atoms with Crippen LogP contribution in [0.4, 0.5) is 4.79 Å². The monoisotopic (exact) mass is 347 g/mol. The average molecular weight is 347 g/mol. The maximum atomic E-state index is 12.1. The Bertz CT molecular complexity index is 554. The van der Waals surface area contributed by atoms with Crippen molar-refractivity contribution >= 4 is 12.0 Å². The van der Waals surface area contributed by atoms with Crippen molar-refractivity contribution in [1.82, 2.24) is 10.2 Å². The van der Waals surface area contributed by atoms with Crippen molar-refractivity contribution in [2.24, 2.45) is 17.6 Å². The highest BCUT2D eigenvalue weighted by Crippen LogP contribution is 2.17. The molecule has 1 saturated heterocycles. The molecule has 0 radical (unpaired) electrons. The summed E-state index contributed by atoms with van der Waals surface area (Å²) in [7, 11) is 0. The molecule has 1 fully saturated rings. The molecule has 2 amide bonds. The van der Waals surface area contributed by atoms with E-state index in [1.54, 1.807) is 4.90 Å². The summed E-state index contributed by atoms with van der Waals surface area (Å²) in [5, 5.41) is 2.93. The number of hydrogen-bond donors (Lipinski definition) is 2. The van der Waals surface area contributed by atoms with Crippen LogP contribution < -0.4 is 11.1 Å². The van der Waals surface area contributed by atoms with E-state index in [4.69, 9.17) is 10.5 Å². The van der Waals surface area contributed by atoms with Crippen LogP contribution in [0.2, 0.25) is 0 Å². The Balaban J connectivity index is 1.67. The SMILES string of the molecule is CC(C)[C@H](N)C(=O)NCC1CCN(C(=O)OCc2ccccc2)CC1. The molecule has 1 aliphatic rings. The lowest BCUT2D eigenvalue weighted by molar-refractivity contribution is -0.123. The fourth-order valence-electron chi connectivity index (χ4n) is 2.80. The van der Waals surface area contributed by atoms with Crippen LogP contribution in [0, 0.1) is 11.8 Å². The molecule has 0 aliphatic carbocycles. The highest BCUT2D eigenvalue weighted by atomic mass is 16.6. The van der Waals surface area contributed by atoms with Crippen molar-refractivity contribution in [3.8, 4) is 0 Å². The number of carbonyl (C=O) groups excluding carboxylic acids is 2. The summed E-state index contributed by atoms with van der Waals surface area (Å²) >= 11 is 0. The third-order valence-electron chi connectivity index (χ3n) is 4.66. The van der Waals surface area contributed by atoms with Crippen molar-refractivity contribution in [1.29, 1.82) is 0 Å². The first kappa shape index (κ1) is 19.2. The molecule has 3 N–H and O–H groups in total. The summed E-state index contributed by atoms with van der Waals surface area (Å²) in [5.41, 5.74) is 6.82. The fourth-order valence-corrected chi connectivity index (χ4v) is 2.80. The Hall–Kier alpha value is -2.08. The number of rotatable bonds is 6. The topological polar surface area (TPSA) is 84.7 Å². The van der Waals surface area contributed by atoms with Crippen LogP contribution in [0.25, 0.3) is 0 Å². The number of likely N-dealkylation sites (tertiary alicyclic amines) is 1. The molecule has 6 heteroatoms. The molecule has 1 atom stereocenters. The minimum atomic E-state index is -0.465. The van der Waals surface area contributed by atoms with E-state index in [0.29, 0.717) is 32.2 Å². The number of piperidine rings is 1. The third-order valence-corrected chi connectivity index (χ3v) is 4.66. The number of nitrogens with one attached hydrogen (secondary N) is 1. The van der Waals surface area contributed by atoms with Crippen LogP contribution in [0.5, 0.6) is 0 Å². The molecule has 1 aromatic carbocycles. The summed E-state index contributed by atoms with van der Waals surface area (Å²) in [6.07, 6.45) is 1.45. The van der Waals surface area contributed by atoms with Crippen LogP contribution in [0.1, 0.15) is 32.3 Å². The summed E-state index contributed by atoms with van der Waals surface area (Å²) in [4.78, 5) is 25.8. The Labute approximate surface area is 149 Å². The number of nitrogens with two attached hydrogens (primary N) is 1. The van der Waals surface area contributed by atoms with Crippen molar-refractivity contribution < 1.29 is 14.3 Å². The lowest BCUT2D eigenvalue weighted by Crippen LogP contribution is -2.47. The zero-order valence-corrected chi connectivity index (χ0v) is 15.1. The minimum absolute atomic E-state index is 0.0975. The average Bonchev–Trinajstić information content (AvgIpc) is 2.64. The number of ether oxygens (including phenoxy) is 1. The van der Waals surface area contributed by atoms with Gasteiger partial charge in [0.15, 0.2) is 0 Å².